The Morgan fingerprint density at radius 1 is 1.20 bits per heavy atom. The molecule has 112 valence electrons. The minimum atomic E-state index is -0.650. The lowest BCUT2D eigenvalue weighted by atomic mass is 9.75. The van der Waals surface area contributed by atoms with Crippen LogP contribution in [-0.2, 0) is 9.59 Å². The van der Waals surface area contributed by atoms with E-state index in [2.05, 4.69) is 5.32 Å². The highest BCUT2D eigenvalue weighted by molar-refractivity contribution is 6.02. The summed E-state index contributed by atoms with van der Waals surface area (Å²) in [6, 6.07) is 0. The van der Waals surface area contributed by atoms with Gasteiger partial charge in [-0.3, -0.25) is 9.59 Å². The molecule has 1 N–H and O–H groups in total. The van der Waals surface area contributed by atoms with Crippen molar-refractivity contribution in [3.8, 4) is 0 Å². The molecule has 2 amide bonds. The third-order valence-corrected chi connectivity index (χ3v) is 5.63. The molecule has 4 nitrogen and oxygen atoms in total. The lowest BCUT2D eigenvalue weighted by molar-refractivity contribution is -0.164. The summed E-state index contributed by atoms with van der Waals surface area (Å²) in [4.78, 5) is 27.7. The molecule has 1 heterocycles. The summed E-state index contributed by atoms with van der Waals surface area (Å²) in [6.45, 7) is 4.71. The van der Waals surface area contributed by atoms with Gasteiger partial charge in [0, 0.05) is 6.54 Å². The molecule has 4 heteroatoms. The van der Waals surface area contributed by atoms with Crippen molar-refractivity contribution in [2.75, 3.05) is 6.54 Å². The molecule has 3 aliphatic rings. The molecule has 0 bridgehead atoms. The highest BCUT2D eigenvalue weighted by Gasteiger charge is 2.56. The number of rotatable bonds is 3. The van der Waals surface area contributed by atoms with Crippen LogP contribution in [0.5, 0.6) is 0 Å². The Labute approximate surface area is 121 Å². The van der Waals surface area contributed by atoms with E-state index in [1.54, 1.807) is 0 Å². The van der Waals surface area contributed by atoms with E-state index in [0.29, 0.717) is 12.3 Å². The summed E-state index contributed by atoms with van der Waals surface area (Å²) in [5.41, 5.74) is -1.23. The Morgan fingerprint density at radius 2 is 1.85 bits per heavy atom. The molecule has 0 aromatic heterocycles. The fraction of sp³-hybridized carbons (Fsp3) is 0.875. The Balaban J connectivity index is 1.91. The molecule has 20 heavy (non-hydrogen) atoms. The maximum Gasteiger partial charge on any atom is 0.249 e. The van der Waals surface area contributed by atoms with Crippen molar-refractivity contribution in [1.82, 2.24) is 10.2 Å². The molecule has 3 fully saturated rings. The highest BCUT2D eigenvalue weighted by Crippen LogP contribution is 2.40. The van der Waals surface area contributed by atoms with Crippen molar-refractivity contribution in [1.29, 1.82) is 0 Å². The predicted octanol–water partition coefficient (Wildman–Crippen LogP) is 2.23. The second-order valence-electron chi connectivity index (χ2n) is 7.08. The van der Waals surface area contributed by atoms with Crippen LogP contribution >= 0.6 is 0 Å². The number of hydrogen-bond acceptors (Lipinski definition) is 2. The minimum Gasteiger partial charge on any atom is -0.340 e. The van der Waals surface area contributed by atoms with Crippen molar-refractivity contribution in [3.63, 3.8) is 0 Å². The van der Waals surface area contributed by atoms with Gasteiger partial charge in [0.25, 0.3) is 0 Å². The molecule has 1 saturated heterocycles. The number of nitrogens with zero attached hydrogens (tertiary/aromatic N) is 1. The van der Waals surface area contributed by atoms with Gasteiger partial charge in [0.15, 0.2) is 0 Å². The van der Waals surface area contributed by atoms with Crippen molar-refractivity contribution in [2.45, 2.75) is 76.3 Å². The van der Waals surface area contributed by atoms with Crippen molar-refractivity contribution in [3.05, 3.63) is 0 Å². The van der Waals surface area contributed by atoms with Crippen LogP contribution in [0.25, 0.3) is 0 Å². The predicted molar refractivity (Wildman–Crippen MR) is 77.1 cm³/mol. The van der Waals surface area contributed by atoms with Crippen molar-refractivity contribution in [2.24, 2.45) is 5.92 Å². The molecule has 1 atom stereocenters. The van der Waals surface area contributed by atoms with E-state index in [9.17, 15) is 9.59 Å². The first-order valence-corrected chi connectivity index (χ1v) is 8.16. The highest BCUT2D eigenvalue weighted by atomic mass is 16.2. The number of piperazine rings is 1. The second-order valence-corrected chi connectivity index (χ2v) is 7.08. The molecule has 3 rings (SSSR count). The van der Waals surface area contributed by atoms with Gasteiger partial charge in [-0.1, -0.05) is 26.2 Å². The fourth-order valence-corrected chi connectivity index (χ4v) is 3.70. The summed E-state index contributed by atoms with van der Waals surface area (Å²) < 4.78 is 0. The number of nitrogens with one attached hydrogen (secondary N) is 1. The molecule has 1 aliphatic heterocycles. The van der Waals surface area contributed by atoms with Crippen LogP contribution in [-0.4, -0.2) is 34.3 Å². The smallest absolute Gasteiger partial charge is 0.249 e. The molecular formula is C16H26N2O2. The van der Waals surface area contributed by atoms with E-state index in [1.807, 2.05) is 18.7 Å². The molecule has 1 spiro atoms. The Morgan fingerprint density at radius 3 is 2.40 bits per heavy atom. The Kier molecular flexibility index (Phi) is 3.30. The van der Waals surface area contributed by atoms with Gasteiger partial charge in [-0.25, -0.2) is 0 Å². The van der Waals surface area contributed by atoms with Crippen LogP contribution in [0.2, 0.25) is 0 Å². The van der Waals surface area contributed by atoms with Crippen molar-refractivity contribution >= 4 is 11.8 Å². The zero-order valence-corrected chi connectivity index (χ0v) is 12.7. The average molecular weight is 278 g/mol. The summed E-state index contributed by atoms with van der Waals surface area (Å²) >= 11 is 0. The lowest BCUT2D eigenvalue weighted by Crippen LogP contribution is -2.75. The third-order valence-electron chi connectivity index (χ3n) is 5.63. The molecule has 2 aliphatic carbocycles. The summed E-state index contributed by atoms with van der Waals surface area (Å²) in [7, 11) is 0. The van der Waals surface area contributed by atoms with Crippen LogP contribution in [0.3, 0.4) is 0 Å². The van der Waals surface area contributed by atoms with Gasteiger partial charge >= 0.3 is 0 Å². The SMILES string of the molecule is CCC1(C)C(=O)NC2(CCCCC2)C(=O)N1CC1CC1. The first-order chi connectivity index (χ1) is 9.52. The van der Waals surface area contributed by atoms with Gasteiger partial charge in [-0.2, -0.15) is 0 Å². The monoisotopic (exact) mass is 278 g/mol. The van der Waals surface area contributed by atoms with Crippen LogP contribution in [0.15, 0.2) is 0 Å². The molecule has 0 radical (unpaired) electrons. The lowest BCUT2D eigenvalue weighted by Gasteiger charge is -2.52. The number of carbonyl (C=O) groups excluding carboxylic acids is 2. The minimum absolute atomic E-state index is 0.0575. The van der Waals surface area contributed by atoms with Gasteiger partial charge in [0.2, 0.25) is 11.8 Å². The van der Waals surface area contributed by atoms with Crippen LogP contribution < -0.4 is 5.32 Å². The zero-order chi connectivity index (χ0) is 14.4. The Bertz CT molecular complexity index is 424. The van der Waals surface area contributed by atoms with E-state index >= 15 is 0 Å². The van der Waals surface area contributed by atoms with Crippen LogP contribution in [0.4, 0.5) is 0 Å². The summed E-state index contributed by atoms with van der Waals surface area (Å²) in [5, 5.41) is 3.12. The van der Waals surface area contributed by atoms with E-state index in [0.717, 1.165) is 32.2 Å². The Hall–Kier alpha value is -1.06. The topological polar surface area (TPSA) is 49.4 Å². The molecule has 0 aromatic rings. The van der Waals surface area contributed by atoms with Gasteiger partial charge in [0.05, 0.1) is 0 Å². The molecule has 2 saturated carbocycles. The first-order valence-electron chi connectivity index (χ1n) is 8.16. The number of hydrogen-bond donors (Lipinski definition) is 1. The van der Waals surface area contributed by atoms with Gasteiger partial charge in [-0.05, 0) is 44.9 Å². The number of amides is 2. The zero-order valence-electron chi connectivity index (χ0n) is 12.7. The summed E-state index contributed by atoms with van der Waals surface area (Å²) in [5.74, 6) is 0.867. The van der Waals surface area contributed by atoms with Crippen LogP contribution in [0.1, 0.15) is 65.2 Å². The maximum atomic E-state index is 13.1. The molecular weight excluding hydrogens is 252 g/mol. The van der Waals surface area contributed by atoms with Gasteiger partial charge in [0.1, 0.15) is 11.1 Å². The van der Waals surface area contributed by atoms with Crippen LogP contribution in [0, 0.1) is 5.92 Å². The van der Waals surface area contributed by atoms with E-state index in [-0.39, 0.29) is 11.8 Å². The third kappa shape index (κ3) is 2.04. The van der Waals surface area contributed by atoms with E-state index < -0.39 is 11.1 Å². The average Bonchev–Trinajstić information content (AvgIpc) is 3.27. The molecule has 0 aromatic carbocycles. The standard InChI is InChI=1S/C16H26N2O2/c1-3-15(2)13(19)17-16(9-5-4-6-10-16)14(20)18(15)11-12-7-8-12/h12H,3-11H2,1-2H3,(H,17,19). The van der Waals surface area contributed by atoms with Crippen molar-refractivity contribution < 1.29 is 9.59 Å². The summed E-state index contributed by atoms with van der Waals surface area (Å²) in [6.07, 6.45) is 8.01. The van der Waals surface area contributed by atoms with Gasteiger partial charge < -0.3 is 10.2 Å². The van der Waals surface area contributed by atoms with E-state index in [4.69, 9.17) is 0 Å². The first kappa shape index (κ1) is 13.9. The maximum absolute atomic E-state index is 13.1. The number of carbonyl (C=O) groups is 2. The normalized spacial score (nSPS) is 33.4. The largest absolute Gasteiger partial charge is 0.340 e. The second kappa shape index (κ2) is 4.74. The molecule has 1 unspecified atom stereocenters. The van der Waals surface area contributed by atoms with Gasteiger partial charge in [-0.15, -0.1) is 0 Å². The van der Waals surface area contributed by atoms with E-state index in [1.165, 1.54) is 19.3 Å². The quantitative estimate of drug-likeness (QED) is 0.860. The fourth-order valence-electron chi connectivity index (χ4n) is 3.70.